The molecule has 3 N–H and O–H groups in total. The van der Waals surface area contributed by atoms with Crippen molar-refractivity contribution in [2.24, 2.45) is 11.7 Å². The van der Waals surface area contributed by atoms with E-state index < -0.39 is 6.04 Å². The van der Waals surface area contributed by atoms with Crippen LogP contribution in [0.3, 0.4) is 0 Å². The van der Waals surface area contributed by atoms with Crippen LogP contribution in [-0.2, 0) is 11.3 Å². The van der Waals surface area contributed by atoms with Gasteiger partial charge in [0.15, 0.2) is 0 Å². The molecule has 1 amide bonds. The monoisotopic (exact) mass is 250 g/mol. The van der Waals surface area contributed by atoms with Gasteiger partial charge in [-0.15, -0.1) is 0 Å². The van der Waals surface area contributed by atoms with E-state index in [9.17, 15) is 4.79 Å². The first-order chi connectivity index (χ1) is 8.45. The number of methoxy groups -OCH3 is 1. The molecule has 0 heterocycles. The normalized spacial score (nSPS) is 12.3. The number of benzene rings is 1. The van der Waals surface area contributed by atoms with E-state index in [1.165, 1.54) is 0 Å². The molecule has 18 heavy (non-hydrogen) atoms. The van der Waals surface area contributed by atoms with Crippen LogP contribution in [0.25, 0.3) is 0 Å². The predicted octanol–water partition coefficient (Wildman–Crippen LogP) is 1.60. The molecule has 0 aliphatic carbocycles. The van der Waals surface area contributed by atoms with Crippen molar-refractivity contribution >= 4 is 5.91 Å². The Morgan fingerprint density at radius 2 is 2.11 bits per heavy atom. The predicted molar refractivity (Wildman–Crippen MR) is 72.4 cm³/mol. The minimum absolute atomic E-state index is 0.113. The van der Waals surface area contributed by atoms with Crippen LogP contribution in [0.5, 0.6) is 5.75 Å². The molecular formula is C14H22N2O2. The Labute approximate surface area is 109 Å². The van der Waals surface area contributed by atoms with Crippen molar-refractivity contribution in [3.05, 3.63) is 29.3 Å². The zero-order chi connectivity index (χ0) is 13.7. The Balaban J connectivity index is 2.59. The molecule has 0 aliphatic rings. The van der Waals surface area contributed by atoms with E-state index in [2.05, 4.69) is 5.32 Å². The first kappa shape index (κ1) is 14.5. The van der Waals surface area contributed by atoms with E-state index >= 15 is 0 Å². The lowest BCUT2D eigenvalue weighted by atomic mass is 10.0. The fraction of sp³-hybridized carbons (Fsp3) is 0.500. The van der Waals surface area contributed by atoms with Crippen LogP contribution in [0.15, 0.2) is 18.2 Å². The Morgan fingerprint density at radius 1 is 1.44 bits per heavy atom. The first-order valence-corrected chi connectivity index (χ1v) is 6.12. The molecule has 1 rings (SSSR count). The number of hydrogen-bond acceptors (Lipinski definition) is 3. The van der Waals surface area contributed by atoms with Gasteiger partial charge in [-0.05, 0) is 30.0 Å². The van der Waals surface area contributed by atoms with E-state index in [1.807, 2.05) is 39.0 Å². The van der Waals surface area contributed by atoms with Crippen molar-refractivity contribution in [1.29, 1.82) is 0 Å². The molecule has 0 saturated carbocycles. The van der Waals surface area contributed by atoms with Gasteiger partial charge < -0.3 is 15.8 Å². The van der Waals surface area contributed by atoms with E-state index in [0.29, 0.717) is 6.54 Å². The summed E-state index contributed by atoms with van der Waals surface area (Å²) in [4.78, 5) is 11.7. The van der Waals surface area contributed by atoms with Gasteiger partial charge in [0.2, 0.25) is 5.91 Å². The second-order valence-corrected chi connectivity index (χ2v) is 4.79. The van der Waals surface area contributed by atoms with Crippen LogP contribution in [-0.4, -0.2) is 19.1 Å². The molecule has 0 bridgehead atoms. The molecular weight excluding hydrogens is 228 g/mol. The standard InChI is InChI=1S/C14H22N2O2/c1-9(2)13(15)14(17)16-8-11-5-6-12(18-4)10(3)7-11/h5-7,9,13H,8,15H2,1-4H3,(H,16,17). The van der Waals surface area contributed by atoms with Crippen molar-refractivity contribution in [1.82, 2.24) is 5.32 Å². The molecule has 0 radical (unpaired) electrons. The maximum Gasteiger partial charge on any atom is 0.237 e. The van der Waals surface area contributed by atoms with E-state index in [0.717, 1.165) is 16.9 Å². The summed E-state index contributed by atoms with van der Waals surface area (Å²) >= 11 is 0. The minimum atomic E-state index is -0.454. The third-order valence-corrected chi connectivity index (χ3v) is 2.95. The van der Waals surface area contributed by atoms with Gasteiger partial charge in [-0.25, -0.2) is 0 Å². The molecule has 0 saturated heterocycles. The molecule has 0 fully saturated rings. The maximum atomic E-state index is 11.7. The number of nitrogens with one attached hydrogen (secondary N) is 1. The highest BCUT2D eigenvalue weighted by Crippen LogP contribution is 2.18. The van der Waals surface area contributed by atoms with Gasteiger partial charge in [0.1, 0.15) is 5.75 Å². The lowest BCUT2D eigenvalue weighted by Crippen LogP contribution is -2.43. The highest BCUT2D eigenvalue weighted by molar-refractivity contribution is 5.81. The Morgan fingerprint density at radius 3 is 2.61 bits per heavy atom. The molecule has 4 heteroatoms. The first-order valence-electron chi connectivity index (χ1n) is 6.12. The summed E-state index contributed by atoms with van der Waals surface area (Å²) in [5, 5.41) is 2.84. The summed E-state index contributed by atoms with van der Waals surface area (Å²) in [6.07, 6.45) is 0. The molecule has 0 aliphatic heterocycles. The van der Waals surface area contributed by atoms with Crippen molar-refractivity contribution in [3.63, 3.8) is 0 Å². The lowest BCUT2D eigenvalue weighted by Gasteiger charge is -2.15. The summed E-state index contributed by atoms with van der Waals surface area (Å²) in [6, 6.07) is 5.39. The molecule has 0 spiro atoms. The summed E-state index contributed by atoms with van der Waals surface area (Å²) in [6.45, 7) is 6.33. The van der Waals surface area contributed by atoms with Crippen LogP contribution in [0.2, 0.25) is 0 Å². The second-order valence-electron chi connectivity index (χ2n) is 4.79. The summed E-state index contributed by atoms with van der Waals surface area (Å²) in [5.41, 5.74) is 7.86. The van der Waals surface area contributed by atoms with Gasteiger partial charge in [-0.2, -0.15) is 0 Å². The van der Waals surface area contributed by atoms with Crippen LogP contribution in [0, 0.1) is 12.8 Å². The van der Waals surface area contributed by atoms with Crippen LogP contribution in [0.4, 0.5) is 0 Å². The Kier molecular flexibility index (Phi) is 5.16. The van der Waals surface area contributed by atoms with Crippen molar-refractivity contribution < 1.29 is 9.53 Å². The smallest absolute Gasteiger partial charge is 0.237 e. The fourth-order valence-corrected chi connectivity index (χ4v) is 1.66. The number of carbonyl (C=O) groups is 1. The molecule has 1 atom stereocenters. The van der Waals surface area contributed by atoms with Gasteiger partial charge in [-0.1, -0.05) is 26.0 Å². The maximum absolute atomic E-state index is 11.7. The number of aryl methyl sites for hydroxylation is 1. The zero-order valence-corrected chi connectivity index (χ0v) is 11.5. The molecule has 0 aromatic heterocycles. The summed E-state index contributed by atoms with van der Waals surface area (Å²) < 4.78 is 5.19. The highest BCUT2D eigenvalue weighted by Gasteiger charge is 2.16. The Bertz CT molecular complexity index is 416. The van der Waals surface area contributed by atoms with Crippen molar-refractivity contribution in [3.8, 4) is 5.75 Å². The second kappa shape index (κ2) is 6.40. The number of ether oxygens (including phenoxy) is 1. The van der Waals surface area contributed by atoms with Gasteiger partial charge in [0.05, 0.1) is 13.2 Å². The van der Waals surface area contributed by atoms with Crippen molar-refractivity contribution in [2.75, 3.05) is 7.11 Å². The van der Waals surface area contributed by atoms with Gasteiger partial charge >= 0.3 is 0 Å². The molecule has 1 aromatic rings. The van der Waals surface area contributed by atoms with Gasteiger partial charge in [0, 0.05) is 6.54 Å². The third kappa shape index (κ3) is 3.74. The van der Waals surface area contributed by atoms with E-state index in [-0.39, 0.29) is 11.8 Å². The number of nitrogens with two attached hydrogens (primary N) is 1. The number of hydrogen-bond donors (Lipinski definition) is 2. The molecule has 1 aromatic carbocycles. The zero-order valence-electron chi connectivity index (χ0n) is 11.5. The average molecular weight is 250 g/mol. The minimum Gasteiger partial charge on any atom is -0.496 e. The quantitative estimate of drug-likeness (QED) is 0.834. The van der Waals surface area contributed by atoms with Crippen LogP contribution >= 0.6 is 0 Å². The summed E-state index contributed by atoms with van der Waals surface area (Å²) in [7, 11) is 1.64. The topological polar surface area (TPSA) is 64.3 Å². The van der Waals surface area contributed by atoms with Gasteiger partial charge in [-0.3, -0.25) is 4.79 Å². The van der Waals surface area contributed by atoms with Gasteiger partial charge in [0.25, 0.3) is 0 Å². The van der Waals surface area contributed by atoms with Crippen molar-refractivity contribution in [2.45, 2.75) is 33.4 Å². The SMILES string of the molecule is COc1ccc(CNC(=O)C(N)C(C)C)cc1C. The van der Waals surface area contributed by atoms with Crippen LogP contribution < -0.4 is 15.8 Å². The number of carbonyl (C=O) groups excluding carboxylic acids is 1. The largest absolute Gasteiger partial charge is 0.496 e. The molecule has 100 valence electrons. The molecule has 1 unspecified atom stereocenters. The van der Waals surface area contributed by atoms with Crippen LogP contribution in [0.1, 0.15) is 25.0 Å². The highest BCUT2D eigenvalue weighted by atomic mass is 16.5. The lowest BCUT2D eigenvalue weighted by molar-refractivity contribution is -0.123. The average Bonchev–Trinajstić information content (AvgIpc) is 2.35. The summed E-state index contributed by atoms with van der Waals surface area (Å²) in [5.74, 6) is 0.880. The van der Waals surface area contributed by atoms with E-state index in [1.54, 1.807) is 7.11 Å². The molecule has 4 nitrogen and oxygen atoms in total. The fourth-order valence-electron chi connectivity index (χ4n) is 1.66. The Hall–Kier alpha value is -1.55. The number of amides is 1. The number of rotatable bonds is 5. The van der Waals surface area contributed by atoms with E-state index in [4.69, 9.17) is 10.5 Å². The third-order valence-electron chi connectivity index (χ3n) is 2.95.